The first-order valence-corrected chi connectivity index (χ1v) is 7.05. The highest BCUT2D eigenvalue weighted by molar-refractivity contribution is 8.00. The van der Waals surface area contributed by atoms with Crippen LogP contribution in [-0.2, 0) is 9.53 Å². The summed E-state index contributed by atoms with van der Waals surface area (Å²) in [4.78, 5) is 10.8. The summed E-state index contributed by atoms with van der Waals surface area (Å²) in [6.07, 6.45) is 4.47. The summed E-state index contributed by atoms with van der Waals surface area (Å²) < 4.78 is 30.7. The first-order valence-electron chi connectivity index (χ1n) is 5.82. The van der Waals surface area contributed by atoms with Gasteiger partial charge in [0.2, 0.25) is 0 Å². The van der Waals surface area contributed by atoms with Gasteiger partial charge in [-0.2, -0.15) is 20.5 Å². The largest absolute Gasteiger partial charge is 0.456 e. The van der Waals surface area contributed by atoms with Crippen molar-refractivity contribution in [3.8, 4) is 0 Å². The number of carbonyl (C=O) groups is 1. The van der Waals surface area contributed by atoms with Gasteiger partial charge >= 0.3 is 11.9 Å². The fourth-order valence-electron chi connectivity index (χ4n) is 2.25. The first kappa shape index (κ1) is 13.1. The van der Waals surface area contributed by atoms with E-state index in [4.69, 9.17) is 0 Å². The third-order valence-corrected chi connectivity index (χ3v) is 4.99. The number of nitrogens with one attached hydrogen (secondary N) is 1. The van der Waals surface area contributed by atoms with E-state index in [9.17, 15) is 13.6 Å². The van der Waals surface area contributed by atoms with Crippen LogP contribution < -0.4 is 5.32 Å². The number of halogens is 2. The molecule has 1 aliphatic heterocycles. The minimum absolute atomic E-state index is 0.269. The van der Waals surface area contributed by atoms with Crippen LogP contribution in [0.25, 0.3) is 0 Å². The highest BCUT2D eigenvalue weighted by atomic mass is 32.2. The second kappa shape index (κ2) is 4.72. The molecule has 2 aliphatic rings. The molecule has 0 aromatic rings. The van der Waals surface area contributed by atoms with E-state index in [2.05, 4.69) is 16.3 Å². The van der Waals surface area contributed by atoms with Crippen LogP contribution in [0.3, 0.4) is 0 Å². The fraction of sp³-hybridized carbons (Fsp3) is 0.909. The first-order chi connectivity index (χ1) is 7.97. The van der Waals surface area contributed by atoms with Gasteiger partial charge in [-0.15, -0.1) is 0 Å². The summed E-state index contributed by atoms with van der Waals surface area (Å²) in [6, 6.07) is 0. The molecule has 0 amide bonds. The summed E-state index contributed by atoms with van der Waals surface area (Å²) >= 11 is 1.82. The summed E-state index contributed by atoms with van der Waals surface area (Å²) in [5.74, 6) is -4.67. The van der Waals surface area contributed by atoms with Crippen molar-refractivity contribution < 1.29 is 18.3 Å². The highest BCUT2D eigenvalue weighted by Crippen LogP contribution is 2.42. The Labute approximate surface area is 104 Å². The van der Waals surface area contributed by atoms with Gasteiger partial charge < -0.3 is 10.1 Å². The Morgan fingerprint density at radius 3 is 2.65 bits per heavy atom. The number of rotatable bonds is 5. The van der Waals surface area contributed by atoms with E-state index in [1.807, 2.05) is 11.8 Å². The van der Waals surface area contributed by atoms with Crippen molar-refractivity contribution in [1.29, 1.82) is 0 Å². The van der Waals surface area contributed by atoms with Crippen LogP contribution in [0.1, 0.15) is 25.7 Å². The van der Waals surface area contributed by atoms with Crippen LogP contribution >= 0.6 is 11.8 Å². The number of hydrogen-bond acceptors (Lipinski definition) is 4. The maximum absolute atomic E-state index is 12.9. The molecule has 1 atom stereocenters. The maximum atomic E-state index is 12.9. The predicted octanol–water partition coefficient (Wildman–Crippen LogP) is 1.81. The van der Waals surface area contributed by atoms with Crippen LogP contribution in [0.15, 0.2) is 0 Å². The Morgan fingerprint density at radius 2 is 2.24 bits per heavy atom. The lowest BCUT2D eigenvalue weighted by molar-refractivity contribution is -0.159. The van der Waals surface area contributed by atoms with Gasteiger partial charge in [0.15, 0.2) is 0 Å². The molecular weight excluding hydrogens is 248 g/mol. The molecular formula is C11H17F2NO2S. The molecule has 6 heteroatoms. The SMILES string of the molecule is CSC1(CNCC2CC(F)(F)C(=O)O2)CCC1. The zero-order chi connectivity index (χ0) is 12.5. The normalized spacial score (nSPS) is 29.8. The van der Waals surface area contributed by atoms with Gasteiger partial charge in [0, 0.05) is 17.8 Å². The van der Waals surface area contributed by atoms with Crippen LogP contribution in [0.4, 0.5) is 8.78 Å². The van der Waals surface area contributed by atoms with E-state index in [1.54, 1.807) is 0 Å². The number of esters is 1. The van der Waals surface area contributed by atoms with Crippen molar-refractivity contribution in [2.75, 3.05) is 19.3 Å². The molecule has 1 saturated carbocycles. The monoisotopic (exact) mass is 265 g/mol. The molecule has 0 radical (unpaired) electrons. The number of ether oxygens (including phenoxy) is 1. The lowest BCUT2D eigenvalue weighted by Crippen LogP contribution is -2.45. The maximum Gasteiger partial charge on any atom is 0.377 e. The quantitative estimate of drug-likeness (QED) is 0.769. The molecule has 2 rings (SSSR count). The van der Waals surface area contributed by atoms with Gasteiger partial charge in [-0.3, -0.25) is 0 Å². The molecule has 1 saturated heterocycles. The van der Waals surface area contributed by atoms with Gasteiger partial charge in [0.25, 0.3) is 0 Å². The molecule has 0 spiro atoms. The zero-order valence-electron chi connectivity index (χ0n) is 9.80. The van der Waals surface area contributed by atoms with Crippen LogP contribution in [0, 0.1) is 0 Å². The van der Waals surface area contributed by atoms with E-state index >= 15 is 0 Å². The smallest absolute Gasteiger partial charge is 0.377 e. The molecule has 1 N–H and O–H groups in total. The topological polar surface area (TPSA) is 38.3 Å². The van der Waals surface area contributed by atoms with Crippen molar-refractivity contribution in [2.45, 2.75) is 42.5 Å². The molecule has 0 aromatic heterocycles. The van der Waals surface area contributed by atoms with Gasteiger partial charge in [-0.25, -0.2) is 4.79 Å². The minimum atomic E-state index is -3.29. The molecule has 0 aromatic carbocycles. The lowest BCUT2D eigenvalue weighted by atomic mass is 9.84. The van der Waals surface area contributed by atoms with E-state index in [0.29, 0.717) is 6.54 Å². The van der Waals surface area contributed by atoms with Crippen molar-refractivity contribution >= 4 is 17.7 Å². The molecule has 17 heavy (non-hydrogen) atoms. The van der Waals surface area contributed by atoms with Crippen molar-refractivity contribution in [1.82, 2.24) is 5.32 Å². The second-order valence-corrected chi connectivity index (χ2v) is 6.08. The van der Waals surface area contributed by atoms with Crippen LogP contribution in [-0.4, -0.2) is 42.1 Å². The summed E-state index contributed by atoms with van der Waals surface area (Å²) in [5, 5.41) is 3.15. The number of cyclic esters (lactones) is 1. The van der Waals surface area contributed by atoms with E-state index < -0.39 is 24.4 Å². The standard InChI is InChI=1S/C11H17F2NO2S/c1-17-10(3-2-4-10)7-14-6-8-5-11(12,13)9(15)16-8/h8,14H,2-7H2,1H3. The zero-order valence-corrected chi connectivity index (χ0v) is 10.6. The van der Waals surface area contributed by atoms with E-state index in [-0.39, 0.29) is 4.75 Å². The number of hydrogen-bond donors (Lipinski definition) is 1. The molecule has 1 unspecified atom stereocenters. The van der Waals surface area contributed by atoms with E-state index in [0.717, 1.165) is 6.54 Å². The summed E-state index contributed by atoms with van der Waals surface area (Å²) in [6.45, 7) is 1.12. The van der Waals surface area contributed by atoms with Crippen molar-refractivity contribution in [3.63, 3.8) is 0 Å². The third kappa shape index (κ3) is 2.73. The Hall–Kier alpha value is -0.360. The van der Waals surface area contributed by atoms with Gasteiger partial charge in [-0.05, 0) is 19.1 Å². The number of carbonyl (C=O) groups excluding carboxylic acids is 1. The summed E-state index contributed by atoms with van der Waals surface area (Å²) in [7, 11) is 0. The average molecular weight is 265 g/mol. The Bertz CT molecular complexity index is 302. The Kier molecular flexibility index (Phi) is 3.63. The van der Waals surface area contributed by atoms with Crippen molar-refractivity contribution in [3.05, 3.63) is 0 Å². The van der Waals surface area contributed by atoms with Crippen LogP contribution in [0.5, 0.6) is 0 Å². The fourth-order valence-corrected chi connectivity index (χ4v) is 3.19. The van der Waals surface area contributed by atoms with Crippen molar-refractivity contribution in [2.24, 2.45) is 0 Å². The molecule has 0 bridgehead atoms. The molecule has 2 fully saturated rings. The van der Waals surface area contributed by atoms with Gasteiger partial charge in [-0.1, -0.05) is 6.42 Å². The Morgan fingerprint density at radius 1 is 1.53 bits per heavy atom. The van der Waals surface area contributed by atoms with Gasteiger partial charge in [0.1, 0.15) is 6.10 Å². The predicted molar refractivity (Wildman–Crippen MR) is 62.4 cm³/mol. The Balaban J connectivity index is 1.71. The molecule has 98 valence electrons. The van der Waals surface area contributed by atoms with Crippen LogP contribution in [0.2, 0.25) is 0 Å². The van der Waals surface area contributed by atoms with Gasteiger partial charge in [0.05, 0.1) is 6.42 Å². The minimum Gasteiger partial charge on any atom is -0.456 e. The average Bonchev–Trinajstić information content (AvgIpc) is 2.45. The lowest BCUT2D eigenvalue weighted by Gasteiger charge is -2.40. The molecule has 1 heterocycles. The molecule has 3 nitrogen and oxygen atoms in total. The summed E-state index contributed by atoms with van der Waals surface area (Å²) in [5.41, 5.74) is 0. The number of alkyl halides is 2. The second-order valence-electron chi connectivity index (χ2n) is 4.81. The van der Waals surface area contributed by atoms with E-state index in [1.165, 1.54) is 19.3 Å². The number of thioether (sulfide) groups is 1. The highest BCUT2D eigenvalue weighted by Gasteiger charge is 2.50. The third-order valence-electron chi connectivity index (χ3n) is 3.57. The molecule has 1 aliphatic carbocycles.